The number of hydrazine groups is 1. The van der Waals surface area contributed by atoms with E-state index < -0.39 is 0 Å². The van der Waals surface area contributed by atoms with Crippen LogP contribution in [0, 0.1) is 0 Å². The van der Waals surface area contributed by atoms with E-state index in [-0.39, 0.29) is 12.5 Å². The topological polar surface area (TPSA) is 97.3 Å². The highest BCUT2D eigenvalue weighted by atomic mass is 35.5. The number of primary amides is 1. The second-order valence-electron chi connectivity index (χ2n) is 4.30. The summed E-state index contributed by atoms with van der Waals surface area (Å²) in [5.74, 6) is 5.49. The molecule has 0 unspecified atom stereocenters. The lowest BCUT2D eigenvalue weighted by Gasteiger charge is -2.20. The monoisotopic (exact) mass is 285 g/mol. The number of hydrogen-bond donors (Lipinski definition) is 3. The Bertz CT molecular complexity index is 427. The maximum atomic E-state index is 11.1. The van der Waals surface area contributed by atoms with Crippen molar-refractivity contribution in [2.45, 2.75) is 26.3 Å². The van der Waals surface area contributed by atoms with Crippen LogP contribution in [0.5, 0.6) is 0 Å². The van der Waals surface area contributed by atoms with Crippen molar-refractivity contribution >= 4 is 23.3 Å². The number of carbonyl (C=O) groups is 1. The van der Waals surface area contributed by atoms with E-state index in [1.165, 1.54) is 0 Å². The van der Waals surface area contributed by atoms with Crippen molar-refractivity contribution in [3.05, 3.63) is 22.8 Å². The fourth-order valence-electron chi connectivity index (χ4n) is 1.70. The number of nitrogens with zero attached hydrogens (tertiary/aromatic N) is 2. The van der Waals surface area contributed by atoms with Crippen molar-refractivity contribution < 1.29 is 4.79 Å². The average Bonchev–Trinajstić information content (AvgIpc) is 2.37. The molecule has 0 atom stereocenters. The van der Waals surface area contributed by atoms with Crippen molar-refractivity contribution in [1.29, 1.82) is 0 Å². The van der Waals surface area contributed by atoms with Crippen molar-refractivity contribution in [3.63, 3.8) is 0 Å². The van der Waals surface area contributed by atoms with Crippen molar-refractivity contribution in [1.82, 2.24) is 9.88 Å². The summed E-state index contributed by atoms with van der Waals surface area (Å²) >= 11 is 6.09. The predicted molar refractivity (Wildman–Crippen MR) is 76.4 cm³/mol. The highest BCUT2D eigenvalue weighted by Gasteiger charge is 2.12. The maximum Gasteiger partial charge on any atom is 0.231 e. The number of nitrogen functional groups attached to an aromatic ring is 1. The predicted octanol–water partition coefficient (Wildman–Crippen LogP) is 1.11. The van der Waals surface area contributed by atoms with Gasteiger partial charge >= 0.3 is 0 Å². The van der Waals surface area contributed by atoms with Gasteiger partial charge in [-0.1, -0.05) is 24.9 Å². The first-order chi connectivity index (χ1) is 9.06. The Kier molecular flexibility index (Phi) is 6.55. The quantitative estimate of drug-likeness (QED) is 0.491. The molecule has 0 radical (unpaired) electrons. The molecule has 0 bridgehead atoms. The number of aromatic nitrogens is 1. The van der Waals surface area contributed by atoms with Crippen molar-refractivity contribution in [3.8, 4) is 0 Å². The molecule has 0 saturated carbocycles. The number of amides is 1. The summed E-state index contributed by atoms with van der Waals surface area (Å²) in [6.45, 7) is 3.53. The first-order valence-corrected chi connectivity index (χ1v) is 6.57. The summed E-state index contributed by atoms with van der Waals surface area (Å²) in [4.78, 5) is 17.3. The van der Waals surface area contributed by atoms with E-state index >= 15 is 0 Å². The highest BCUT2D eigenvalue weighted by Crippen LogP contribution is 2.18. The minimum Gasteiger partial charge on any atom is -0.369 e. The van der Waals surface area contributed by atoms with Gasteiger partial charge in [-0.15, -0.1) is 0 Å². The Hall–Kier alpha value is -1.37. The molecule has 0 aromatic carbocycles. The summed E-state index contributed by atoms with van der Waals surface area (Å²) in [7, 11) is 0. The molecule has 19 heavy (non-hydrogen) atoms. The molecule has 1 amide bonds. The molecule has 0 spiro atoms. The summed E-state index contributed by atoms with van der Waals surface area (Å²) in [6.07, 6.45) is 2.03. The van der Waals surface area contributed by atoms with Crippen LogP contribution in [0.2, 0.25) is 5.02 Å². The Labute approximate surface area is 118 Å². The smallest absolute Gasteiger partial charge is 0.231 e. The molecule has 0 fully saturated rings. The highest BCUT2D eigenvalue weighted by molar-refractivity contribution is 6.31. The zero-order valence-corrected chi connectivity index (χ0v) is 11.8. The summed E-state index contributed by atoms with van der Waals surface area (Å²) in [5, 5.41) is 0.546. The molecule has 1 heterocycles. The third-order valence-electron chi connectivity index (χ3n) is 2.65. The molecule has 106 valence electrons. The fraction of sp³-hybridized carbons (Fsp3) is 0.500. The molecule has 7 heteroatoms. The largest absolute Gasteiger partial charge is 0.369 e. The second kappa shape index (κ2) is 7.93. The van der Waals surface area contributed by atoms with Gasteiger partial charge in [-0.2, -0.15) is 0 Å². The Morgan fingerprint density at radius 2 is 2.26 bits per heavy atom. The molecule has 0 aliphatic heterocycles. The first kappa shape index (κ1) is 15.7. The van der Waals surface area contributed by atoms with Crippen LogP contribution >= 0.6 is 11.6 Å². The molecular weight excluding hydrogens is 266 g/mol. The van der Waals surface area contributed by atoms with Crippen molar-refractivity contribution in [2.75, 3.05) is 18.5 Å². The van der Waals surface area contributed by atoms with Crippen LogP contribution in [0.3, 0.4) is 0 Å². The lowest BCUT2D eigenvalue weighted by atomic mass is 10.2. The van der Waals surface area contributed by atoms with Crippen LogP contribution < -0.4 is 17.0 Å². The number of carbonyl (C=O) groups excluding carboxylic acids is 1. The van der Waals surface area contributed by atoms with Crippen LogP contribution in [-0.4, -0.2) is 28.9 Å². The SMILES string of the molecule is CCCCN(CC(N)=O)Cc1nc(NN)ccc1Cl. The van der Waals surface area contributed by atoms with Crippen LogP contribution in [0.15, 0.2) is 12.1 Å². The van der Waals surface area contributed by atoms with E-state index in [0.29, 0.717) is 23.1 Å². The minimum atomic E-state index is -0.361. The molecule has 5 N–H and O–H groups in total. The van der Waals surface area contributed by atoms with Crippen LogP contribution in [0.25, 0.3) is 0 Å². The lowest BCUT2D eigenvalue weighted by Crippen LogP contribution is -2.34. The number of rotatable bonds is 8. The molecule has 1 aromatic rings. The summed E-state index contributed by atoms with van der Waals surface area (Å²) < 4.78 is 0. The van der Waals surface area contributed by atoms with Gasteiger partial charge in [-0.3, -0.25) is 9.69 Å². The van der Waals surface area contributed by atoms with Gasteiger partial charge in [0.15, 0.2) is 0 Å². The number of halogens is 1. The fourth-order valence-corrected chi connectivity index (χ4v) is 1.87. The van der Waals surface area contributed by atoms with Gasteiger partial charge in [-0.05, 0) is 25.1 Å². The van der Waals surface area contributed by atoms with Gasteiger partial charge in [0, 0.05) is 6.54 Å². The third-order valence-corrected chi connectivity index (χ3v) is 2.99. The van der Waals surface area contributed by atoms with Gasteiger partial charge in [0.1, 0.15) is 5.82 Å². The molecule has 1 rings (SSSR count). The van der Waals surface area contributed by atoms with Crippen molar-refractivity contribution in [2.24, 2.45) is 11.6 Å². The van der Waals surface area contributed by atoms with E-state index in [4.69, 9.17) is 23.2 Å². The van der Waals surface area contributed by atoms with Crippen LogP contribution in [-0.2, 0) is 11.3 Å². The number of pyridine rings is 1. The zero-order valence-electron chi connectivity index (χ0n) is 11.0. The number of anilines is 1. The number of hydrogen-bond acceptors (Lipinski definition) is 5. The Morgan fingerprint density at radius 3 is 2.84 bits per heavy atom. The molecule has 0 aliphatic rings. The maximum absolute atomic E-state index is 11.1. The lowest BCUT2D eigenvalue weighted by molar-refractivity contribution is -0.119. The molecule has 0 aliphatic carbocycles. The molecule has 6 nitrogen and oxygen atoms in total. The van der Waals surface area contributed by atoms with E-state index in [9.17, 15) is 4.79 Å². The normalized spacial score (nSPS) is 10.7. The Morgan fingerprint density at radius 1 is 1.53 bits per heavy atom. The summed E-state index contributed by atoms with van der Waals surface area (Å²) in [6, 6.07) is 3.41. The van der Waals surface area contributed by atoms with E-state index in [1.54, 1.807) is 12.1 Å². The summed E-state index contributed by atoms with van der Waals surface area (Å²) in [5.41, 5.74) is 8.39. The standard InChI is InChI=1S/C12H20ClN5O/c1-2-3-6-18(8-11(14)19)7-10-9(13)4-5-12(16-10)17-15/h4-5H,2-3,6-8,15H2,1H3,(H2,14,19)(H,16,17). The molecule has 0 saturated heterocycles. The van der Waals surface area contributed by atoms with Crippen LogP contribution in [0.4, 0.5) is 5.82 Å². The van der Waals surface area contributed by atoms with E-state index in [0.717, 1.165) is 19.4 Å². The number of nitrogens with two attached hydrogens (primary N) is 2. The third kappa shape index (κ3) is 5.42. The van der Waals surface area contributed by atoms with Gasteiger partial charge in [0.2, 0.25) is 5.91 Å². The van der Waals surface area contributed by atoms with Crippen LogP contribution in [0.1, 0.15) is 25.5 Å². The Balaban J connectivity index is 2.78. The van der Waals surface area contributed by atoms with E-state index in [2.05, 4.69) is 17.3 Å². The second-order valence-corrected chi connectivity index (χ2v) is 4.71. The van der Waals surface area contributed by atoms with Gasteiger partial charge < -0.3 is 11.2 Å². The first-order valence-electron chi connectivity index (χ1n) is 6.19. The van der Waals surface area contributed by atoms with E-state index in [1.807, 2.05) is 4.90 Å². The molecule has 1 aromatic heterocycles. The molecular formula is C12H20ClN5O. The van der Waals surface area contributed by atoms with Gasteiger partial charge in [0.25, 0.3) is 0 Å². The minimum absolute atomic E-state index is 0.193. The van der Waals surface area contributed by atoms with Gasteiger partial charge in [0.05, 0.1) is 17.3 Å². The average molecular weight is 286 g/mol. The van der Waals surface area contributed by atoms with Gasteiger partial charge in [-0.25, -0.2) is 10.8 Å². The zero-order chi connectivity index (χ0) is 14.3. The number of nitrogens with one attached hydrogen (secondary N) is 1. The number of unbranched alkanes of at least 4 members (excludes halogenated alkanes) is 1.